The zero-order valence-electron chi connectivity index (χ0n) is 12.0. The topological polar surface area (TPSA) is 117 Å². The average molecular weight is 313 g/mol. The first-order valence-corrected chi connectivity index (χ1v) is 7.22. The zero-order valence-corrected chi connectivity index (χ0v) is 12.0. The summed E-state index contributed by atoms with van der Waals surface area (Å²) in [5.41, 5.74) is -0.688. The average Bonchev–Trinajstić information content (AvgIpc) is 2.89. The lowest BCUT2D eigenvalue weighted by Gasteiger charge is -2.28. The summed E-state index contributed by atoms with van der Waals surface area (Å²) in [6, 6.07) is 0. The summed E-state index contributed by atoms with van der Waals surface area (Å²) in [5, 5.41) is 18.9. The number of aliphatic hydroxyl groups is 2. The molecule has 0 saturated carbocycles. The molecule has 1 aromatic rings. The van der Waals surface area contributed by atoms with Gasteiger partial charge >= 0.3 is 5.69 Å². The predicted octanol–water partition coefficient (Wildman–Crippen LogP) is -1.99. The largest absolute Gasteiger partial charge is 0.394 e. The van der Waals surface area contributed by atoms with Gasteiger partial charge in [0.05, 0.1) is 25.9 Å². The van der Waals surface area contributed by atoms with Crippen molar-refractivity contribution in [3.63, 3.8) is 0 Å². The van der Waals surface area contributed by atoms with Crippen molar-refractivity contribution >= 4 is 5.69 Å². The summed E-state index contributed by atoms with van der Waals surface area (Å²) in [6.45, 7) is 1.84. The minimum atomic E-state index is -0.847. The summed E-state index contributed by atoms with van der Waals surface area (Å²) >= 11 is 0. The fourth-order valence-corrected chi connectivity index (χ4v) is 2.77. The summed E-state index contributed by atoms with van der Waals surface area (Å²) in [5.74, 6) is 0. The molecule has 3 atom stereocenters. The molecule has 1 aromatic heterocycles. The Kier molecular flexibility index (Phi) is 4.30. The highest BCUT2D eigenvalue weighted by atomic mass is 16.5. The maximum Gasteiger partial charge on any atom is 0.330 e. The van der Waals surface area contributed by atoms with Gasteiger partial charge in [-0.05, 0) is 0 Å². The quantitative estimate of drug-likeness (QED) is 0.591. The molecular formula is C13H19N3O6. The second kappa shape index (κ2) is 6.21. The number of aromatic amines is 1. The van der Waals surface area contributed by atoms with Gasteiger partial charge in [-0.25, -0.2) is 4.79 Å². The van der Waals surface area contributed by atoms with Crippen molar-refractivity contribution in [3.8, 4) is 0 Å². The van der Waals surface area contributed by atoms with E-state index in [4.69, 9.17) is 14.6 Å². The molecule has 0 bridgehead atoms. The van der Waals surface area contributed by atoms with Crippen LogP contribution in [0, 0.1) is 0 Å². The van der Waals surface area contributed by atoms with Crippen LogP contribution >= 0.6 is 0 Å². The molecule has 2 fully saturated rings. The Balaban J connectivity index is 1.91. The summed E-state index contributed by atoms with van der Waals surface area (Å²) in [6.07, 6.45) is -0.656. The molecule has 0 amide bonds. The van der Waals surface area contributed by atoms with Crippen molar-refractivity contribution in [2.45, 2.75) is 24.9 Å². The third kappa shape index (κ3) is 2.80. The van der Waals surface area contributed by atoms with E-state index in [0.717, 1.165) is 0 Å². The SMILES string of the molecule is O=c1[nH]c(=O)n(C2CC(O)C(CO)O2)cc1N1CCOCC1. The first kappa shape index (κ1) is 15.2. The smallest absolute Gasteiger partial charge is 0.330 e. The van der Waals surface area contributed by atoms with Crippen molar-refractivity contribution < 1.29 is 19.7 Å². The lowest BCUT2D eigenvalue weighted by atomic mass is 10.2. The van der Waals surface area contributed by atoms with Crippen LogP contribution in [0.2, 0.25) is 0 Å². The maximum absolute atomic E-state index is 12.0. The minimum Gasteiger partial charge on any atom is -0.394 e. The lowest BCUT2D eigenvalue weighted by molar-refractivity contribution is -0.0458. The number of ether oxygens (including phenoxy) is 2. The number of anilines is 1. The number of aliphatic hydroxyl groups excluding tert-OH is 2. The van der Waals surface area contributed by atoms with Crippen LogP contribution in [0.5, 0.6) is 0 Å². The second-order valence-electron chi connectivity index (χ2n) is 5.40. The van der Waals surface area contributed by atoms with Gasteiger partial charge < -0.3 is 24.6 Å². The zero-order chi connectivity index (χ0) is 15.7. The van der Waals surface area contributed by atoms with Gasteiger partial charge in [0.25, 0.3) is 5.56 Å². The summed E-state index contributed by atoms with van der Waals surface area (Å²) in [4.78, 5) is 28.1. The highest BCUT2D eigenvalue weighted by Gasteiger charge is 2.35. The van der Waals surface area contributed by atoms with Crippen LogP contribution in [0.4, 0.5) is 5.69 Å². The number of nitrogens with zero attached hydrogens (tertiary/aromatic N) is 2. The van der Waals surface area contributed by atoms with Crippen molar-refractivity contribution in [3.05, 3.63) is 27.0 Å². The Morgan fingerprint density at radius 2 is 2.05 bits per heavy atom. The number of aromatic nitrogens is 2. The van der Waals surface area contributed by atoms with Crippen LogP contribution in [0.15, 0.2) is 15.8 Å². The van der Waals surface area contributed by atoms with Crippen molar-refractivity contribution in [1.29, 1.82) is 0 Å². The van der Waals surface area contributed by atoms with Gasteiger partial charge in [0.2, 0.25) is 0 Å². The Hall–Kier alpha value is -1.68. The number of hydrogen-bond donors (Lipinski definition) is 3. The Morgan fingerprint density at radius 1 is 1.32 bits per heavy atom. The Bertz CT molecular complexity index is 635. The second-order valence-corrected chi connectivity index (χ2v) is 5.40. The maximum atomic E-state index is 12.0. The van der Waals surface area contributed by atoms with Gasteiger partial charge in [0.1, 0.15) is 18.0 Å². The van der Waals surface area contributed by atoms with Gasteiger partial charge in [-0.1, -0.05) is 0 Å². The molecule has 3 rings (SSSR count). The molecule has 3 unspecified atom stereocenters. The number of nitrogens with one attached hydrogen (secondary N) is 1. The van der Waals surface area contributed by atoms with Crippen LogP contribution in [0.3, 0.4) is 0 Å². The van der Waals surface area contributed by atoms with E-state index in [1.807, 2.05) is 4.90 Å². The normalized spacial score (nSPS) is 29.0. The van der Waals surface area contributed by atoms with Crippen molar-refractivity contribution in [1.82, 2.24) is 9.55 Å². The molecule has 2 aliphatic rings. The molecule has 2 saturated heterocycles. The molecule has 3 heterocycles. The van der Waals surface area contributed by atoms with Gasteiger partial charge in [-0.2, -0.15) is 0 Å². The first-order chi connectivity index (χ1) is 10.6. The molecule has 0 aromatic carbocycles. The lowest BCUT2D eigenvalue weighted by Crippen LogP contribution is -2.42. The first-order valence-electron chi connectivity index (χ1n) is 7.22. The minimum absolute atomic E-state index is 0.180. The number of morpholine rings is 1. The van der Waals surface area contributed by atoms with Gasteiger partial charge in [-0.15, -0.1) is 0 Å². The molecule has 0 aliphatic carbocycles. The van der Waals surface area contributed by atoms with Gasteiger partial charge in [-0.3, -0.25) is 14.3 Å². The third-order valence-corrected chi connectivity index (χ3v) is 4.00. The molecule has 0 radical (unpaired) electrons. The number of hydrogen-bond acceptors (Lipinski definition) is 7. The molecule has 122 valence electrons. The molecule has 22 heavy (non-hydrogen) atoms. The van der Waals surface area contributed by atoms with Crippen LogP contribution in [0.25, 0.3) is 0 Å². The van der Waals surface area contributed by atoms with E-state index >= 15 is 0 Å². The number of rotatable bonds is 3. The highest BCUT2D eigenvalue weighted by molar-refractivity contribution is 5.42. The van der Waals surface area contributed by atoms with Crippen molar-refractivity contribution in [2.24, 2.45) is 0 Å². The van der Waals surface area contributed by atoms with E-state index in [1.54, 1.807) is 0 Å². The fraction of sp³-hybridized carbons (Fsp3) is 0.692. The van der Waals surface area contributed by atoms with Crippen LogP contribution < -0.4 is 16.1 Å². The van der Waals surface area contributed by atoms with E-state index in [0.29, 0.717) is 32.0 Å². The molecule has 9 heteroatoms. The highest BCUT2D eigenvalue weighted by Crippen LogP contribution is 2.27. The van der Waals surface area contributed by atoms with E-state index in [2.05, 4.69) is 4.98 Å². The predicted molar refractivity (Wildman–Crippen MR) is 76.0 cm³/mol. The summed E-state index contributed by atoms with van der Waals surface area (Å²) < 4.78 is 12.0. The summed E-state index contributed by atoms with van der Waals surface area (Å²) in [7, 11) is 0. The third-order valence-electron chi connectivity index (χ3n) is 4.00. The van der Waals surface area contributed by atoms with E-state index < -0.39 is 29.7 Å². The van der Waals surface area contributed by atoms with Gasteiger partial charge in [0, 0.05) is 25.7 Å². The Morgan fingerprint density at radius 3 is 2.68 bits per heavy atom. The van der Waals surface area contributed by atoms with Crippen molar-refractivity contribution in [2.75, 3.05) is 37.8 Å². The molecule has 0 spiro atoms. The molecule has 3 N–H and O–H groups in total. The van der Waals surface area contributed by atoms with Gasteiger partial charge in [0.15, 0.2) is 0 Å². The number of H-pyrrole nitrogens is 1. The molecule has 9 nitrogen and oxygen atoms in total. The van der Waals surface area contributed by atoms with E-state index in [1.165, 1.54) is 10.8 Å². The molecule has 2 aliphatic heterocycles. The Labute approximate surface area is 125 Å². The molecular weight excluding hydrogens is 294 g/mol. The fourth-order valence-electron chi connectivity index (χ4n) is 2.77. The van der Waals surface area contributed by atoms with Crippen LogP contribution in [-0.4, -0.2) is 64.9 Å². The van der Waals surface area contributed by atoms with E-state index in [-0.39, 0.29) is 13.0 Å². The van der Waals surface area contributed by atoms with Crippen LogP contribution in [-0.2, 0) is 9.47 Å². The monoisotopic (exact) mass is 313 g/mol. The standard InChI is InChI=1S/C13H19N3O6/c17-7-10-9(18)5-11(22-10)16-6-8(12(19)14-13(16)20)15-1-3-21-4-2-15/h6,9-11,17-18H,1-5,7H2,(H,14,19,20). The van der Waals surface area contributed by atoms with Crippen LogP contribution in [0.1, 0.15) is 12.6 Å². The van der Waals surface area contributed by atoms with E-state index in [9.17, 15) is 14.7 Å².